The Morgan fingerprint density at radius 2 is 2.00 bits per heavy atom. The van der Waals surface area contributed by atoms with Crippen LogP contribution in [0.25, 0.3) is 0 Å². The van der Waals surface area contributed by atoms with E-state index in [-0.39, 0.29) is 0 Å². The Labute approximate surface area is 81.7 Å². The molecule has 1 rings (SSSR count). The number of nitrogens with one attached hydrogen (secondary N) is 1. The van der Waals surface area contributed by atoms with Crippen molar-refractivity contribution in [3.05, 3.63) is 34.9 Å². The maximum Gasteiger partial charge on any atom is 0.255 e. The number of nitrogens with two attached hydrogens (primary N) is 1. The Balaban J connectivity index is 2.64. The second-order valence-corrected chi connectivity index (χ2v) is 3.24. The lowest BCUT2D eigenvalue weighted by atomic mass is 10.1. The second kappa shape index (κ2) is 4.25. The molecule has 0 spiro atoms. The molecule has 4 heteroatoms. The summed E-state index contributed by atoms with van der Waals surface area (Å²) in [6, 6.07) is 6.33. The molecule has 0 bridgehead atoms. The van der Waals surface area contributed by atoms with Crippen molar-refractivity contribution in [1.29, 1.82) is 0 Å². The number of carbonyl (C=O) groups is 1. The van der Waals surface area contributed by atoms with E-state index >= 15 is 0 Å². The molecule has 13 heavy (non-hydrogen) atoms. The topological polar surface area (TPSA) is 66.9 Å². The molecule has 0 heterocycles. The van der Waals surface area contributed by atoms with E-state index in [1.165, 1.54) is 0 Å². The summed E-state index contributed by atoms with van der Waals surface area (Å²) >= 11 is 5.68. The predicted octanol–water partition coefficient (Wildman–Crippen LogP) is 1.02. The van der Waals surface area contributed by atoms with Crippen LogP contribution in [0.15, 0.2) is 24.3 Å². The molecule has 0 unspecified atom stereocenters. The molecule has 1 amide bonds. The Hall–Kier alpha value is -1.06. The lowest BCUT2D eigenvalue weighted by molar-refractivity contribution is -0.119. The van der Waals surface area contributed by atoms with Gasteiger partial charge in [0.05, 0.1) is 6.04 Å². The fourth-order valence-corrected chi connectivity index (χ4v) is 1.09. The largest absolute Gasteiger partial charge is 0.320 e. The van der Waals surface area contributed by atoms with Crippen LogP contribution in [-0.4, -0.2) is 11.9 Å². The van der Waals surface area contributed by atoms with E-state index in [1.54, 1.807) is 24.3 Å². The average molecular weight is 198 g/mol. The van der Waals surface area contributed by atoms with Crippen LogP contribution in [0.2, 0.25) is 5.02 Å². The SMILES string of the molecule is [NH]C(=O)[C@@H](N)Cc1ccc(Cl)cc1. The highest BCUT2D eigenvalue weighted by Gasteiger charge is 2.10. The van der Waals surface area contributed by atoms with Crippen molar-refractivity contribution in [3.63, 3.8) is 0 Å². The van der Waals surface area contributed by atoms with Crippen LogP contribution in [0.5, 0.6) is 0 Å². The van der Waals surface area contributed by atoms with Crippen molar-refractivity contribution >= 4 is 17.5 Å². The predicted molar refractivity (Wildman–Crippen MR) is 51.2 cm³/mol. The zero-order valence-corrected chi connectivity index (χ0v) is 7.71. The number of benzene rings is 1. The third kappa shape index (κ3) is 3.05. The highest BCUT2D eigenvalue weighted by molar-refractivity contribution is 6.30. The first kappa shape index (κ1) is 10.0. The minimum Gasteiger partial charge on any atom is -0.320 e. The molecule has 1 radical (unpaired) electrons. The molecule has 3 N–H and O–H groups in total. The van der Waals surface area contributed by atoms with E-state index in [4.69, 9.17) is 23.1 Å². The van der Waals surface area contributed by atoms with Crippen LogP contribution in [0, 0.1) is 0 Å². The monoisotopic (exact) mass is 197 g/mol. The number of halogens is 1. The molecule has 3 nitrogen and oxygen atoms in total. The van der Waals surface area contributed by atoms with Gasteiger partial charge in [-0.25, -0.2) is 0 Å². The first-order chi connectivity index (χ1) is 6.09. The van der Waals surface area contributed by atoms with E-state index in [0.29, 0.717) is 11.4 Å². The van der Waals surface area contributed by atoms with E-state index < -0.39 is 11.9 Å². The minimum absolute atomic E-state index is 0.388. The normalized spacial score (nSPS) is 12.5. The summed E-state index contributed by atoms with van der Waals surface area (Å²) in [4.78, 5) is 10.5. The number of hydrogen-bond acceptors (Lipinski definition) is 2. The average Bonchev–Trinajstić information content (AvgIpc) is 2.08. The molecule has 0 aromatic heterocycles. The molecule has 1 aromatic rings. The van der Waals surface area contributed by atoms with E-state index in [9.17, 15) is 4.79 Å². The molecule has 0 fully saturated rings. The Bertz CT molecular complexity index is 297. The van der Waals surface area contributed by atoms with Crippen molar-refractivity contribution in [2.45, 2.75) is 12.5 Å². The van der Waals surface area contributed by atoms with Crippen LogP contribution < -0.4 is 11.5 Å². The fraction of sp³-hybridized carbons (Fsp3) is 0.222. The van der Waals surface area contributed by atoms with Gasteiger partial charge in [0, 0.05) is 5.02 Å². The fourth-order valence-electron chi connectivity index (χ4n) is 0.967. The standard InChI is InChI=1S/C9H10ClN2O/c10-7-3-1-6(2-4-7)5-8(11)9(12)13/h1-4,8,12H,5,11H2/t8-/m0/s1. The van der Waals surface area contributed by atoms with Gasteiger partial charge in [0.2, 0.25) is 0 Å². The highest BCUT2D eigenvalue weighted by Crippen LogP contribution is 2.10. The van der Waals surface area contributed by atoms with Crippen LogP contribution in [-0.2, 0) is 11.2 Å². The van der Waals surface area contributed by atoms with Gasteiger partial charge in [-0.05, 0) is 24.1 Å². The van der Waals surface area contributed by atoms with E-state index in [1.807, 2.05) is 0 Å². The molecule has 0 aliphatic carbocycles. The van der Waals surface area contributed by atoms with Gasteiger partial charge in [-0.2, -0.15) is 0 Å². The van der Waals surface area contributed by atoms with Gasteiger partial charge < -0.3 is 5.73 Å². The first-order valence-electron chi connectivity index (χ1n) is 3.85. The summed E-state index contributed by atoms with van der Waals surface area (Å²) < 4.78 is 0. The van der Waals surface area contributed by atoms with Crippen molar-refractivity contribution < 1.29 is 4.79 Å². The summed E-state index contributed by atoms with van der Waals surface area (Å²) in [7, 11) is 0. The number of amides is 1. The first-order valence-corrected chi connectivity index (χ1v) is 4.23. The second-order valence-electron chi connectivity index (χ2n) is 2.80. The molecule has 0 aliphatic rings. The third-order valence-electron chi connectivity index (χ3n) is 1.71. The summed E-state index contributed by atoms with van der Waals surface area (Å²) in [6.07, 6.45) is 0.388. The van der Waals surface area contributed by atoms with Gasteiger partial charge in [0.1, 0.15) is 0 Å². The van der Waals surface area contributed by atoms with Crippen LogP contribution in [0.4, 0.5) is 0 Å². The van der Waals surface area contributed by atoms with Crippen molar-refractivity contribution in [2.24, 2.45) is 5.73 Å². The smallest absolute Gasteiger partial charge is 0.255 e. The molecule has 0 aliphatic heterocycles. The van der Waals surface area contributed by atoms with Gasteiger partial charge in [-0.3, -0.25) is 10.5 Å². The van der Waals surface area contributed by atoms with Gasteiger partial charge >= 0.3 is 0 Å². The summed E-state index contributed by atoms with van der Waals surface area (Å²) in [5.41, 5.74) is 13.1. The van der Waals surface area contributed by atoms with E-state index in [2.05, 4.69) is 0 Å². The van der Waals surface area contributed by atoms with Crippen LogP contribution in [0.3, 0.4) is 0 Å². The lowest BCUT2D eigenvalue weighted by Crippen LogP contribution is -2.33. The molecule has 69 valence electrons. The Morgan fingerprint density at radius 3 is 2.46 bits per heavy atom. The number of hydrogen-bond donors (Lipinski definition) is 1. The van der Waals surface area contributed by atoms with Crippen LogP contribution >= 0.6 is 11.6 Å². The molecule has 0 saturated heterocycles. The maximum atomic E-state index is 10.5. The zero-order chi connectivity index (χ0) is 9.84. The quantitative estimate of drug-likeness (QED) is 0.786. The molecule has 1 aromatic carbocycles. The minimum atomic E-state index is -0.741. The van der Waals surface area contributed by atoms with Gasteiger partial charge in [0.15, 0.2) is 0 Å². The highest BCUT2D eigenvalue weighted by atomic mass is 35.5. The van der Waals surface area contributed by atoms with Crippen molar-refractivity contribution in [2.75, 3.05) is 0 Å². The number of carbonyl (C=O) groups excluding carboxylic acids is 1. The molecular weight excluding hydrogens is 188 g/mol. The summed E-state index contributed by atoms with van der Waals surface area (Å²) in [5.74, 6) is -0.741. The molecule has 1 atom stereocenters. The molecule has 0 saturated carbocycles. The lowest BCUT2D eigenvalue weighted by Gasteiger charge is -2.05. The third-order valence-corrected chi connectivity index (χ3v) is 1.96. The Kier molecular flexibility index (Phi) is 3.28. The van der Waals surface area contributed by atoms with Crippen molar-refractivity contribution in [3.8, 4) is 0 Å². The number of rotatable bonds is 3. The van der Waals surface area contributed by atoms with Crippen LogP contribution in [0.1, 0.15) is 5.56 Å². The van der Waals surface area contributed by atoms with Gasteiger partial charge in [0.25, 0.3) is 5.91 Å². The van der Waals surface area contributed by atoms with Gasteiger partial charge in [-0.15, -0.1) is 0 Å². The maximum absolute atomic E-state index is 10.5. The van der Waals surface area contributed by atoms with E-state index in [0.717, 1.165) is 5.56 Å². The van der Waals surface area contributed by atoms with Crippen molar-refractivity contribution in [1.82, 2.24) is 5.73 Å². The molecular formula is C9H10ClN2O. The summed E-state index contributed by atoms with van der Waals surface area (Å²) in [5, 5.41) is 0.648. The zero-order valence-electron chi connectivity index (χ0n) is 6.96. The van der Waals surface area contributed by atoms with Gasteiger partial charge in [-0.1, -0.05) is 23.7 Å². The Morgan fingerprint density at radius 1 is 1.46 bits per heavy atom. The summed E-state index contributed by atoms with van der Waals surface area (Å²) in [6.45, 7) is 0.